The van der Waals surface area contributed by atoms with Crippen LogP contribution in [0.15, 0.2) is 41.0 Å². The molecule has 0 radical (unpaired) electrons. The Morgan fingerprint density at radius 2 is 2.03 bits per heavy atom. The van der Waals surface area contributed by atoms with Crippen molar-refractivity contribution >= 4 is 45.2 Å². The number of thiophene rings is 1. The van der Waals surface area contributed by atoms with E-state index >= 15 is 0 Å². The molecule has 0 saturated carbocycles. The van der Waals surface area contributed by atoms with Crippen LogP contribution in [0.3, 0.4) is 0 Å². The molecule has 1 N–H and O–H groups in total. The van der Waals surface area contributed by atoms with E-state index in [1.54, 1.807) is 0 Å². The van der Waals surface area contributed by atoms with E-state index in [9.17, 15) is 9.59 Å². The highest BCUT2D eigenvalue weighted by Crippen LogP contribution is 2.27. The van der Waals surface area contributed by atoms with Crippen molar-refractivity contribution in [1.29, 1.82) is 0 Å². The lowest BCUT2D eigenvalue weighted by molar-refractivity contribution is -0.146. The Balaban J connectivity index is 1.24. The summed E-state index contributed by atoms with van der Waals surface area (Å²) < 4.78 is 5.13. The summed E-state index contributed by atoms with van der Waals surface area (Å²) in [5, 5.41) is 6.52. The molecule has 1 aliphatic rings. The molecular weight excluding hydrogens is 418 g/mol. The number of hydrogen-bond acceptors (Lipinski definition) is 7. The van der Waals surface area contributed by atoms with Crippen molar-refractivity contribution in [2.75, 3.05) is 12.4 Å². The fourth-order valence-corrected chi connectivity index (χ4v) is 5.16. The molecule has 6 nitrogen and oxygen atoms in total. The first-order chi connectivity index (χ1) is 14.6. The van der Waals surface area contributed by atoms with E-state index in [-0.39, 0.29) is 24.3 Å². The average molecular weight is 442 g/mol. The normalized spacial score (nSPS) is 14.2. The molecule has 1 unspecified atom stereocenters. The maximum Gasteiger partial charge on any atom is 0.316 e. The molecule has 1 atom stereocenters. The topological polar surface area (TPSA) is 81.2 Å². The van der Waals surface area contributed by atoms with E-state index in [0.717, 1.165) is 33.6 Å². The highest BCUT2D eigenvalue weighted by atomic mass is 32.2. The summed E-state index contributed by atoms with van der Waals surface area (Å²) in [5.74, 6) is -0.658. The first-order valence-corrected chi connectivity index (χ1v) is 11.8. The van der Waals surface area contributed by atoms with Gasteiger partial charge < -0.3 is 10.1 Å². The number of aromatic nitrogens is 2. The number of carbonyl (C=O) groups is 2. The zero-order chi connectivity index (χ0) is 20.9. The third-order valence-corrected chi connectivity index (χ3v) is 6.97. The smallest absolute Gasteiger partial charge is 0.316 e. The molecule has 3 aromatic rings. The van der Waals surface area contributed by atoms with Crippen LogP contribution in [0.25, 0.3) is 10.2 Å². The second kappa shape index (κ2) is 9.57. The summed E-state index contributed by atoms with van der Waals surface area (Å²) >= 11 is 2.81. The van der Waals surface area contributed by atoms with Crippen molar-refractivity contribution in [2.24, 2.45) is 0 Å². The van der Waals surface area contributed by atoms with E-state index in [1.165, 1.54) is 53.4 Å². The highest BCUT2D eigenvalue weighted by molar-refractivity contribution is 8.00. The molecule has 0 saturated heterocycles. The molecule has 1 aromatic carbocycles. The number of nitrogens with zero attached hydrogens (tertiary/aromatic N) is 2. The van der Waals surface area contributed by atoms with Crippen molar-refractivity contribution in [1.82, 2.24) is 15.3 Å². The van der Waals surface area contributed by atoms with Gasteiger partial charge in [-0.15, -0.1) is 11.3 Å². The zero-order valence-electron chi connectivity index (χ0n) is 16.7. The fourth-order valence-electron chi connectivity index (χ4n) is 3.59. The number of hydrogen-bond donors (Lipinski definition) is 1. The Morgan fingerprint density at radius 3 is 2.90 bits per heavy atom. The number of ether oxygens (including phenoxy) is 1. The van der Waals surface area contributed by atoms with E-state index < -0.39 is 5.97 Å². The summed E-state index contributed by atoms with van der Waals surface area (Å²) in [6, 6.07) is 8.23. The molecule has 156 valence electrons. The van der Waals surface area contributed by atoms with Crippen molar-refractivity contribution < 1.29 is 14.3 Å². The van der Waals surface area contributed by atoms with Gasteiger partial charge in [0.1, 0.15) is 16.2 Å². The van der Waals surface area contributed by atoms with Gasteiger partial charge in [-0.05, 0) is 60.7 Å². The average Bonchev–Trinajstić information content (AvgIpc) is 3.25. The number of nitrogens with one attached hydrogen (secondary N) is 1. The quantitative estimate of drug-likeness (QED) is 0.338. The third-order valence-electron chi connectivity index (χ3n) is 5.17. The predicted molar refractivity (Wildman–Crippen MR) is 119 cm³/mol. The largest absolute Gasteiger partial charge is 0.455 e. The Labute approximate surface area is 183 Å². The third kappa shape index (κ3) is 4.99. The molecular formula is C22H23N3O3S2. The Bertz CT molecular complexity index is 1070. The summed E-state index contributed by atoms with van der Waals surface area (Å²) in [6.07, 6.45) is 6.19. The number of rotatable bonds is 7. The van der Waals surface area contributed by atoms with Gasteiger partial charge in [0.05, 0.1) is 11.8 Å². The van der Waals surface area contributed by atoms with Gasteiger partial charge in [-0.25, -0.2) is 9.97 Å². The number of thioether (sulfide) groups is 1. The monoisotopic (exact) mass is 441 g/mol. The Kier molecular flexibility index (Phi) is 6.64. The lowest BCUT2D eigenvalue weighted by Crippen LogP contribution is -2.31. The molecule has 4 rings (SSSR count). The summed E-state index contributed by atoms with van der Waals surface area (Å²) in [4.78, 5) is 33.6. The highest BCUT2D eigenvalue weighted by Gasteiger charge is 2.16. The van der Waals surface area contributed by atoms with Crippen LogP contribution < -0.4 is 5.32 Å². The lowest BCUT2D eigenvalue weighted by Gasteiger charge is -2.20. The number of aryl methyl sites for hydroxylation is 2. The maximum absolute atomic E-state index is 12.2. The minimum absolute atomic E-state index is 0.0929. The lowest BCUT2D eigenvalue weighted by atomic mass is 9.89. The van der Waals surface area contributed by atoms with Crippen molar-refractivity contribution in [2.45, 2.75) is 43.7 Å². The van der Waals surface area contributed by atoms with Crippen LogP contribution in [0.4, 0.5) is 0 Å². The van der Waals surface area contributed by atoms with Crippen molar-refractivity contribution in [3.8, 4) is 0 Å². The van der Waals surface area contributed by atoms with Crippen LogP contribution in [0.2, 0.25) is 0 Å². The van der Waals surface area contributed by atoms with E-state index in [4.69, 9.17) is 4.74 Å². The standard InChI is InChI=1S/C22H23N3O3S2/c1-14(16-7-6-15-4-2-3-5-17(15)10-16)25-19(26)11-28-20(27)12-30-22-18-8-9-29-21(18)23-13-24-22/h6-10,13-14H,2-5,11-12H2,1H3,(H,25,26). The number of esters is 1. The van der Waals surface area contributed by atoms with Gasteiger partial charge in [-0.3, -0.25) is 9.59 Å². The van der Waals surface area contributed by atoms with Crippen molar-refractivity contribution in [3.63, 3.8) is 0 Å². The molecule has 2 heterocycles. The second-order valence-electron chi connectivity index (χ2n) is 7.29. The Morgan fingerprint density at radius 1 is 1.20 bits per heavy atom. The van der Waals surface area contributed by atoms with Gasteiger partial charge >= 0.3 is 5.97 Å². The van der Waals surface area contributed by atoms with Gasteiger partial charge in [-0.1, -0.05) is 30.0 Å². The van der Waals surface area contributed by atoms with Crippen molar-refractivity contribution in [3.05, 3.63) is 52.7 Å². The summed E-state index contributed by atoms with van der Waals surface area (Å²) in [7, 11) is 0. The molecule has 1 aliphatic carbocycles. The van der Waals surface area contributed by atoms with Gasteiger partial charge in [0.15, 0.2) is 6.61 Å². The molecule has 1 amide bonds. The van der Waals surface area contributed by atoms with E-state index in [2.05, 4.69) is 33.5 Å². The molecule has 30 heavy (non-hydrogen) atoms. The molecule has 0 fully saturated rings. The van der Waals surface area contributed by atoms with Crippen LogP contribution in [0, 0.1) is 0 Å². The molecule has 8 heteroatoms. The second-order valence-corrected chi connectivity index (χ2v) is 9.15. The molecule has 0 aliphatic heterocycles. The first kappa shape index (κ1) is 20.8. The van der Waals surface area contributed by atoms with Crippen LogP contribution in [-0.2, 0) is 27.2 Å². The Hall–Kier alpha value is -2.45. The summed E-state index contributed by atoms with van der Waals surface area (Å²) in [5.41, 5.74) is 3.88. The van der Waals surface area contributed by atoms with Gasteiger partial charge in [-0.2, -0.15) is 0 Å². The number of fused-ring (bicyclic) bond motifs is 2. The first-order valence-electron chi connectivity index (χ1n) is 9.98. The minimum Gasteiger partial charge on any atom is -0.455 e. The summed E-state index contributed by atoms with van der Waals surface area (Å²) in [6.45, 7) is 1.66. The fraction of sp³-hybridized carbons (Fsp3) is 0.364. The predicted octanol–water partition coefficient (Wildman–Crippen LogP) is 4.08. The SMILES string of the molecule is CC(NC(=O)COC(=O)CSc1ncnc2sccc12)c1ccc2c(c1)CCCC2. The van der Waals surface area contributed by atoms with E-state index in [0.29, 0.717) is 0 Å². The van der Waals surface area contributed by atoms with E-state index in [1.807, 2.05) is 18.4 Å². The van der Waals surface area contributed by atoms with Crippen LogP contribution >= 0.6 is 23.1 Å². The van der Waals surface area contributed by atoms with Gasteiger partial charge in [0.2, 0.25) is 0 Å². The minimum atomic E-state index is -0.446. The zero-order valence-corrected chi connectivity index (χ0v) is 18.4. The number of benzene rings is 1. The number of amides is 1. The van der Waals surface area contributed by atoms with Gasteiger partial charge in [0.25, 0.3) is 5.91 Å². The van der Waals surface area contributed by atoms with Crippen LogP contribution in [0.5, 0.6) is 0 Å². The van der Waals surface area contributed by atoms with Crippen LogP contribution in [-0.4, -0.2) is 34.2 Å². The molecule has 2 aromatic heterocycles. The molecule has 0 spiro atoms. The van der Waals surface area contributed by atoms with Gasteiger partial charge in [0, 0.05) is 5.39 Å². The molecule has 0 bridgehead atoms. The number of carbonyl (C=O) groups excluding carboxylic acids is 2. The van der Waals surface area contributed by atoms with Crippen LogP contribution in [0.1, 0.15) is 42.5 Å². The maximum atomic E-state index is 12.2.